The van der Waals surface area contributed by atoms with Crippen LogP contribution in [0.3, 0.4) is 0 Å². The van der Waals surface area contributed by atoms with Gasteiger partial charge in [0.15, 0.2) is 0 Å². The highest BCUT2D eigenvalue weighted by Crippen LogP contribution is 2.25. The summed E-state index contributed by atoms with van der Waals surface area (Å²) in [6, 6.07) is 9.79. The van der Waals surface area contributed by atoms with Crippen molar-refractivity contribution in [3.8, 4) is 5.75 Å². The first kappa shape index (κ1) is 19.0. The summed E-state index contributed by atoms with van der Waals surface area (Å²) in [4.78, 5) is 0. The van der Waals surface area contributed by atoms with Crippen molar-refractivity contribution in [2.45, 2.75) is 19.6 Å². The number of hydrogen-bond acceptors (Lipinski definition) is 3. The van der Waals surface area contributed by atoms with E-state index in [2.05, 4.69) is 10.6 Å². The Kier molecular flexibility index (Phi) is 7.79. The highest BCUT2D eigenvalue weighted by atomic mass is 35.5. The van der Waals surface area contributed by atoms with Crippen molar-refractivity contribution >= 4 is 23.2 Å². The second-order valence-electron chi connectivity index (χ2n) is 5.41. The van der Waals surface area contributed by atoms with Crippen molar-refractivity contribution in [2.75, 3.05) is 20.1 Å². The van der Waals surface area contributed by atoms with Crippen molar-refractivity contribution in [3.63, 3.8) is 0 Å². The minimum Gasteiger partial charge on any atom is -0.489 e. The van der Waals surface area contributed by atoms with E-state index in [0.717, 1.165) is 36.4 Å². The molecule has 2 aromatic rings. The van der Waals surface area contributed by atoms with Crippen LogP contribution in [0.2, 0.25) is 10.0 Å². The predicted octanol–water partition coefficient (Wildman–Crippen LogP) is 4.41. The van der Waals surface area contributed by atoms with Crippen LogP contribution in [-0.2, 0) is 13.2 Å². The Hall–Kier alpha value is -1.33. The number of benzene rings is 2. The van der Waals surface area contributed by atoms with Crippen LogP contribution >= 0.6 is 23.2 Å². The molecule has 0 aliphatic heterocycles. The van der Waals surface area contributed by atoms with E-state index in [4.69, 9.17) is 27.9 Å². The summed E-state index contributed by atoms with van der Waals surface area (Å²) in [6.07, 6.45) is 1.04. The van der Waals surface area contributed by atoms with Crippen LogP contribution in [0.1, 0.15) is 17.5 Å². The molecule has 0 spiro atoms. The highest BCUT2D eigenvalue weighted by molar-refractivity contribution is 6.31. The lowest BCUT2D eigenvalue weighted by Gasteiger charge is -2.13. The molecule has 0 fully saturated rings. The van der Waals surface area contributed by atoms with Gasteiger partial charge in [-0.05, 0) is 56.9 Å². The maximum absolute atomic E-state index is 13.1. The van der Waals surface area contributed by atoms with Gasteiger partial charge in [0.1, 0.15) is 18.2 Å². The van der Waals surface area contributed by atoms with Crippen LogP contribution in [0.4, 0.5) is 4.39 Å². The molecule has 2 N–H and O–H groups in total. The molecule has 130 valence electrons. The zero-order valence-corrected chi connectivity index (χ0v) is 15.1. The summed E-state index contributed by atoms with van der Waals surface area (Å²) in [7, 11) is 1.93. The van der Waals surface area contributed by atoms with Crippen molar-refractivity contribution in [1.82, 2.24) is 10.6 Å². The number of rotatable bonds is 9. The Morgan fingerprint density at radius 3 is 2.62 bits per heavy atom. The van der Waals surface area contributed by atoms with Crippen LogP contribution in [0.15, 0.2) is 36.4 Å². The average molecular weight is 371 g/mol. The number of ether oxygens (including phenoxy) is 1. The lowest BCUT2D eigenvalue weighted by molar-refractivity contribution is 0.302. The Labute approximate surface area is 152 Å². The van der Waals surface area contributed by atoms with E-state index in [1.165, 1.54) is 12.1 Å². The topological polar surface area (TPSA) is 33.3 Å². The molecule has 0 heterocycles. The molecular weight excluding hydrogens is 350 g/mol. The summed E-state index contributed by atoms with van der Waals surface area (Å²) in [5.74, 6) is 0.377. The first-order valence-corrected chi connectivity index (χ1v) is 8.56. The lowest BCUT2D eigenvalue weighted by Crippen LogP contribution is -2.19. The van der Waals surface area contributed by atoms with E-state index in [1.807, 2.05) is 19.2 Å². The van der Waals surface area contributed by atoms with Crippen molar-refractivity contribution in [2.24, 2.45) is 0 Å². The van der Waals surface area contributed by atoms with E-state index in [0.29, 0.717) is 16.6 Å². The van der Waals surface area contributed by atoms with Gasteiger partial charge in [-0.3, -0.25) is 0 Å². The normalized spacial score (nSPS) is 10.8. The fourth-order valence-electron chi connectivity index (χ4n) is 2.23. The third-order valence-electron chi connectivity index (χ3n) is 3.52. The molecule has 2 aromatic carbocycles. The maximum atomic E-state index is 13.1. The largest absolute Gasteiger partial charge is 0.489 e. The molecule has 0 aliphatic carbocycles. The second-order valence-corrected chi connectivity index (χ2v) is 6.25. The molecule has 0 unspecified atom stereocenters. The van der Waals surface area contributed by atoms with E-state index in [1.54, 1.807) is 12.1 Å². The number of halogens is 3. The van der Waals surface area contributed by atoms with E-state index in [-0.39, 0.29) is 12.4 Å². The van der Waals surface area contributed by atoms with Gasteiger partial charge < -0.3 is 15.4 Å². The fourth-order valence-corrected chi connectivity index (χ4v) is 2.65. The monoisotopic (exact) mass is 370 g/mol. The Bertz CT molecular complexity index is 667. The van der Waals surface area contributed by atoms with Crippen LogP contribution in [0, 0.1) is 5.82 Å². The molecule has 0 aromatic heterocycles. The van der Waals surface area contributed by atoms with Gasteiger partial charge in [-0.15, -0.1) is 0 Å². The quantitative estimate of drug-likeness (QED) is 0.641. The van der Waals surface area contributed by atoms with Crippen LogP contribution in [0.25, 0.3) is 0 Å². The fraction of sp³-hybridized carbons (Fsp3) is 0.333. The minimum absolute atomic E-state index is 0.271. The lowest BCUT2D eigenvalue weighted by atomic mass is 10.2. The van der Waals surface area contributed by atoms with Crippen molar-refractivity contribution in [1.29, 1.82) is 0 Å². The average Bonchev–Trinajstić information content (AvgIpc) is 2.55. The standard InChI is InChI=1S/C18H21Cl2FN2O/c1-22-7-2-8-23-11-14-9-15(19)4-6-18(14)24-12-13-3-5-16(21)10-17(13)20/h3-6,9-10,22-23H,2,7-8,11-12H2,1H3. The number of hydrogen-bond donors (Lipinski definition) is 2. The summed E-state index contributed by atoms with van der Waals surface area (Å²) >= 11 is 12.1. The van der Waals surface area contributed by atoms with Crippen LogP contribution in [0.5, 0.6) is 5.75 Å². The zero-order valence-electron chi connectivity index (χ0n) is 13.5. The van der Waals surface area contributed by atoms with Gasteiger partial charge in [0, 0.05) is 22.7 Å². The molecule has 6 heteroatoms. The van der Waals surface area contributed by atoms with E-state index < -0.39 is 0 Å². The summed E-state index contributed by atoms with van der Waals surface area (Å²) in [5, 5.41) is 7.49. The number of nitrogens with one attached hydrogen (secondary N) is 2. The SMILES string of the molecule is CNCCCNCc1cc(Cl)ccc1OCc1ccc(F)cc1Cl. The Morgan fingerprint density at radius 1 is 1.04 bits per heavy atom. The van der Waals surface area contributed by atoms with Gasteiger partial charge in [0.25, 0.3) is 0 Å². The minimum atomic E-state index is -0.360. The Morgan fingerprint density at radius 2 is 1.88 bits per heavy atom. The molecule has 0 atom stereocenters. The van der Waals surface area contributed by atoms with Gasteiger partial charge in [-0.2, -0.15) is 0 Å². The van der Waals surface area contributed by atoms with Gasteiger partial charge in [-0.1, -0.05) is 29.3 Å². The van der Waals surface area contributed by atoms with Crippen molar-refractivity contribution in [3.05, 3.63) is 63.4 Å². The van der Waals surface area contributed by atoms with Crippen LogP contribution < -0.4 is 15.4 Å². The molecule has 0 saturated heterocycles. The molecule has 3 nitrogen and oxygen atoms in total. The molecule has 0 aliphatic rings. The van der Waals surface area contributed by atoms with Gasteiger partial charge in [0.05, 0.1) is 5.02 Å². The van der Waals surface area contributed by atoms with Gasteiger partial charge >= 0.3 is 0 Å². The first-order valence-electron chi connectivity index (χ1n) is 7.80. The zero-order chi connectivity index (χ0) is 17.4. The predicted molar refractivity (Wildman–Crippen MR) is 97.4 cm³/mol. The third kappa shape index (κ3) is 5.95. The maximum Gasteiger partial charge on any atom is 0.124 e. The molecule has 0 saturated carbocycles. The molecule has 24 heavy (non-hydrogen) atoms. The van der Waals surface area contributed by atoms with Gasteiger partial charge in [-0.25, -0.2) is 4.39 Å². The van der Waals surface area contributed by atoms with E-state index >= 15 is 0 Å². The smallest absolute Gasteiger partial charge is 0.124 e. The molecule has 2 rings (SSSR count). The molecule has 0 bridgehead atoms. The molecule has 0 radical (unpaired) electrons. The Balaban J connectivity index is 1.98. The summed E-state index contributed by atoms with van der Waals surface area (Å²) in [5.41, 5.74) is 1.71. The highest BCUT2D eigenvalue weighted by Gasteiger charge is 2.07. The summed E-state index contributed by atoms with van der Waals surface area (Å²) < 4.78 is 19.0. The first-order chi connectivity index (χ1) is 11.6. The summed E-state index contributed by atoms with van der Waals surface area (Å²) in [6.45, 7) is 2.80. The van der Waals surface area contributed by atoms with E-state index in [9.17, 15) is 4.39 Å². The van der Waals surface area contributed by atoms with Crippen molar-refractivity contribution < 1.29 is 9.13 Å². The third-order valence-corrected chi connectivity index (χ3v) is 4.10. The molecular formula is C18H21Cl2FN2O. The molecule has 0 amide bonds. The van der Waals surface area contributed by atoms with Gasteiger partial charge in [0.2, 0.25) is 0 Å². The van der Waals surface area contributed by atoms with Crippen LogP contribution in [-0.4, -0.2) is 20.1 Å². The second kappa shape index (κ2) is 9.84.